The lowest BCUT2D eigenvalue weighted by atomic mass is 9.82. The van der Waals surface area contributed by atoms with Crippen LogP contribution in [0.3, 0.4) is 0 Å². The molecule has 0 radical (unpaired) electrons. The van der Waals surface area contributed by atoms with Gasteiger partial charge in [0.15, 0.2) is 0 Å². The van der Waals surface area contributed by atoms with Gasteiger partial charge >= 0.3 is 5.97 Å². The molecule has 1 unspecified atom stereocenters. The Morgan fingerprint density at radius 1 is 1.05 bits per heavy atom. The summed E-state index contributed by atoms with van der Waals surface area (Å²) in [5, 5.41) is 0. The Morgan fingerprint density at radius 3 is 2.60 bits per heavy atom. The molecular formula is C18H18O2. The Bertz CT molecular complexity index is 617. The van der Waals surface area contributed by atoms with Crippen LogP contribution in [0.1, 0.15) is 17.5 Å². The van der Waals surface area contributed by atoms with Crippen LogP contribution in [-0.4, -0.2) is 13.1 Å². The number of hydrogen-bond acceptors (Lipinski definition) is 2. The monoisotopic (exact) mass is 266 g/mol. The van der Waals surface area contributed by atoms with Gasteiger partial charge in [-0.25, -0.2) is 0 Å². The van der Waals surface area contributed by atoms with Crippen LogP contribution in [0, 0.1) is 5.92 Å². The van der Waals surface area contributed by atoms with E-state index in [0.717, 1.165) is 19.3 Å². The van der Waals surface area contributed by atoms with E-state index in [4.69, 9.17) is 4.74 Å². The maximum Gasteiger partial charge on any atom is 0.309 e. The fourth-order valence-corrected chi connectivity index (χ4v) is 2.93. The summed E-state index contributed by atoms with van der Waals surface area (Å²) in [5.41, 5.74) is 5.14. The van der Waals surface area contributed by atoms with Gasteiger partial charge in [-0.05, 0) is 41.5 Å². The third-order valence-corrected chi connectivity index (χ3v) is 4.08. The summed E-state index contributed by atoms with van der Waals surface area (Å²) in [6, 6.07) is 17.0. The van der Waals surface area contributed by atoms with Gasteiger partial charge < -0.3 is 4.74 Å². The molecule has 0 saturated heterocycles. The molecule has 0 fully saturated rings. The Labute approximate surface area is 119 Å². The van der Waals surface area contributed by atoms with Crippen molar-refractivity contribution in [3.8, 4) is 11.1 Å². The van der Waals surface area contributed by atoms with E-state index in [1.165, 1.54) is 29.4 Å². The molecule has 0 heterocycles. The zero-order valence-corrected chi connectivity index (χ0v) is 11.6. The highest BCUT2D eigenvalue weighted by Crippen LogP contribution is 2.30. The molecule has 102 valence electrons. The molecule has 20 heavy (non-hydrogen) atoms. The summed E-state index contributed by atoms with van der Waals surface area (Å²) >= 11 is 0. The van der Waals surface area contributed by atoms with Gasteiger partial charge in [-0.1, -0.05) is 48.5 Å². The third-order valence-electron chi connectivity index (χ3n) is 4.08. The van der Waals surface area contributed by atoms with Gasteiger partial charge in [0.25, 0.3) is 0 Å². The van der Waals surface area contributed by atoms with Crippen molar-refractivity contribution in [3.63, 3.8) is 0 Å². The molecule has 0 saturated carbocycles. The van der Waals surface area contributed by atoms with E-state index in [9.17, 15) is 4.79 Å². The Hall–Kier alpha value is -2.09. The highest BCUT2D eigenvalue weighted by molar-refractivity contribution is 5.73. The number of benzene rings is 2. The van der Waals surface area contributed by atoms with Gasteiger partial charge in [0.2, 0.25) is 0 Å². The van der Waals surface area contributed by atoms with E-state index < -0.39 is 0 Å². The topological polar surface area (TPSA) is 26.3 Å². The van der Waals surface area contributed by atoms with Crippen LogP contribution in [0.5, 0.6) is 0 Å². The van der Waals surface area contributed by atoms with E-state index in [-0.39, 0.29) is 11.9 Å². The molecule has 2 aromatic carbocycles. The first-order valence-corrected chi connectivity index (χ1v) is 7.03. The number of methoxy groups -OCH3 is 1. The van der Waals surface area contributed by atoms with Gasteiger partial charge in [-0.3, -0.25) is 4.79 Å². The van der Waals surface area contributed by atoms with Crippen molar-refractivity contribution in [2.24, 2.45) is 5.92 Å². The summed E-state index contributed by atoms with van der Waals surface area (Å²) in [6.07, 6.45) is 2.64. The third kappa shape index (κ3) is 2.46. The maximum absolute atomic E-state index is 11.6. The number of hydrogen-bond donors (Lipinski definition) is 0. The van der Waals surface area contributed by atoms with Crippen molar-refractivity contribution in [2.45, 2.75) is 19.3 Å². The van der Waals surface area contributed by atoms with E-state index in [1.54, 1.807) is 0 Å². The molecule has 0 bridgehead atoms. The van der Waals surface area contributed by atoms with Crippen LogP contribution in [0.2, 0.25) is 0 Å². The van der Waals surface area contributed by atoms with Crippen LogP contribution in [0.25, 0.3) is 11.1 Å². The number of aryl methyl sites for hydroxylation is 1. The molecule has 0 spiro atoms. The number of fused-ring (bicyclic) bond motifs is 1. The Morgan fingerprint density at radius 2 is 1.85 bits per heavy atom. The molecule has 2 aromatic rings. The maximum atomic E-state index is 11.6. The summed E-state index contributed by atoms with van der Waals surface area (Å²) in [5.74, 6) is -0.0575. The summed E-state index contributed by atoms with van der Waals surface area (Å²) in [7, 11) is 1.47. The van der Waals surface area contributed by atoms with Crippen LogP contribution >= 0.6 is 0 Å². The average molecular weight is 266 g/mol. The Balaban J connectivity index is 1.87. The summed E-state index contributed by atoms with van der Waals surface area (Å²) < 4.78 is 4.86. The van der Waals surface area contributed by atoms with E-state index in [0.29, 0.717) is 0 Å². The van der Waals surface area contributed by atoms with Crippen molar-refractivity contribution in [2.75, 3.05) is 7.11 Å². The zero-order chi connectivity index (χ0) is 13.9. The van der Waals surface area contributed by atoms with Crippen molar-refractivity contribution >= 4 is 5.97 Å². The molecule has 0 aromatic heterocycles. The van der Waals surface area contributed by atoms with Crippen LogP contribution < -0.4 is 0 Å². The normalized spacial score (nSPS) is 17.4. The lowest BCUT2D eigenvalue weighted by molar-refractivity contribution is -0.145. The van der Waals surface area contributed by atoms with Crippen molar-refractivity contribution in [3.05, 3.63) is 59.7 Å². The first-order valence-electron chi connectivity index (χ1n) is 7.03. The molecule has 2 nitrogen and oxygen atoms in total. The second kappa shape index (κ2) is 5.49. The van der Waals surface area contributed by atoms with E-state index in [2.05, 4.69) is 42.5 Å². The molecule has 0 amide bonds. The molecule has 1 aliphatic carbocycles. The predicted octanol–water partition coefficient (Wildman–Crippen LogP) is 3.63. The number of ether oxygens (including phenoxy) is 1. The van der Waals surface area contributed by atoms with Gasteiger partial charge in [0.05, 0.1) is 13.0 Å². The fraction of sp³-hybridized carbons (Fsp3) is 0.278. The summed E-state index contributed by atoms with van der Waals surface area (Å²) in [4.78, 5) is 11.6. The first-order chi connectivity index (χ1) is 9.78. The van der Waals surface area contributed by atoms with E-state index in [1.807, 2.05) is 6.07 Å². The second-order valence-electron chi connectivity index (χ2n) is 5.31. The van der Waals surface area contributed by atoms with Gasteiger partial charge in [-0.2, -0.15) is 0 Å². The lowest BCUT2D eigenvalue weighted by Crippen LogP contribution is -2.23. The quantitative estimate of drug-likeness (QED) is 0.776. The number of rotatable bonds is 2. The fourth-order valence-electron chi connectivity index (χ4n) is 2.93. The SMILES string of the molecule is COC(=O)C1CCc2cc(-c3ccccc3)ccc2C1. The average Bonchev–Trinajstić information content (AvgIpc) is 2.54. The van der Waals surface area contributed by atoms with Crippen molar-refractivity contribution in [1.82, 2.24) is 0 Å². The first kappa shape index (κ1) is 12.9. The van der Waals surface area contributed by atoms with Crippen LogP contribution in [0.4, 0.5) is 0 Å². The van der Waals surface area contributed by atoms with E-state index >= 15 is 0 Å². The molecule has 1 atom stereocenters. The predicted molar refractivity (Wildman–Crippen MR) is 79.4 cm³/mol. The number of carbonyl (C=O) groups excluding carboxylic acids is 1. The number of esters is 1. The minimum Gasteiger partial charge on any atom is -0.469 e. The van der Waals surface area contributed by atoms with Crippen LogP contribution in [-0.2, 0) is 22.4 Å². The molecule has 0 N–H and O–H groups in total. The highest BCUT2D eigenvalue weighted by atomic mass is 16.5. The van der Waals surface area contributed by atoms with Gasteiger partial charge in [0, 0.05) is 0 Å². The minimum atomic E-state index is -0.0808. The van der Waals surface area contributed by atoms with Crippen LogP contribution in [0.15, 0.2) is 48.5 Å². The van der Waals surface area contributed by atoms with Crippen molar-refractivity contribution < 1.29 is 9.53 Å². The highest BCUT2D eigenvalue weighted by Gasteiger charge is 2.25. The smallest absolute Gasteiger partial charge is 0.309 e. The molecule has 3 rings (SSSR count). The van der Waals surface area contributed by atoms with Gasteiger partial charge in [-0.15, -0.1) is 0 Å². The Kier molecular flexibility index (Phi) is 3.55. The minimum absolute atomic E-state index is 0.0232. The summed E-state index contributed by atoms with van der Waals surface area (Å²) in [6.45, 7) is 0. The standard InChI is InChI=1S/C18H18O2/c1-20-18(19)17-10-9-15-11-14(7-8-16(15)12-17)13-5-3-2-4-6-13/h2-8,11,17H,9-10,12H2,1H3. The molecule has 2 heteroatoms. The lowest BCUT2D eigenvalue weighted by Gasteiger charge is -2.23. The van der Waals surface area contributed by atoms with Crippen molar-refractivity contribution in [1.29, 1.82) is 0 Å². The molecule has 1 aliphatic rings. The number of carbonyl (C=O) groups is 1. The molecular weight excluding hydrogens is 248 g/mol. The second-order valence-corrected chi connectivity index (χ2v) is 5.31. The van der Waals surface area contributed by atoms with Gasteiger partial charge in [0.1, 0.15) is 0 Å². The molecule has 0 aliphatic heterocycles. The zero-order valence-electron chi connectivity index (χ0n) is 11.6. The largest absolute Gasteiger partial charge is 0.469 e.